The number of hydrogen-bond donors (Lipinski definition) is 5. The molecule has 0 aliphatic rings. The molecule has 0 unspecified atom stereocenters. The van der Waals surface area contributed by atoms with Crippen molar-refractivity contribution in [2.45, 2.75) is 32.6 Å². The number of benzene rings is 1. The van der Waals surface area contributed by atoms with Gasteiger partial charge in [-0.25, -0.2) is 4.79 Å². The summed E-state index contributed by atoms with van der Waals surface area (Å²) in [5.74, 6) is -1.66. The van der Waals surface area contributed by atoms with E-state index in [1.165, 1.54) is 0 Å². The third kappa shape index (κ3) is 2.60. The molecule has 0 spiro atoms. The molecule has 1 rings (SSSR count). The van der Waals surface area contributed by atoms with Gasteiger partial charge in [-0.15, -0.1) is 10.6 Å². The van der Waals surface area contributed by atoms with Gasteiger partial charge in [0.05, 0.1) is 4.90 Å². The zero-order valence-electron chi connectivity index (χ0n) is 11.7. The topological polar surface area (TPSA) is 125 Å². The SMILES string of the molecule is Cc1cc(C)c(C)c(S(O)(O)C(=N)C(=N)C(=O)O)c1C. The molecule has 20 heavy (non-hydrogen) atoms. The van der Waals surface area contributed by atoms with Gasteiger partial charge in [0.2, 0.25) is 0 Å². The van der Waals surface area contributed by atoms with E-state index in [0.717, 1.165) is 11.1 Å². The lowest BCUT2D eigenvalue weighted by Gasteiger charge is -2.35. The Morgan fingerprint density at radius 3 is 1.80 bits per heavy atom. The number of hydrogen-bond acceptors (Lipinski definition) is 5. The highest BCUT2D eigenvalue weighted by Crippen LogP contribution is 2.53. The minimum atomic E-state index is -3.81. The molecule has 7 heteroatoms. The molecule has 0 aromatic heterocycles. The maximum Gasteiger partial charge on any atom is 0.357 e. The van der Waals surface area contributed by atoms with E-state index < -0.39 is 27.3 Å². The summed E-state index contributed by atoms with van der Waals surface area (Å²) in [6.45, 7) is 6.96. The van der Waals surface area contributed by atoms with Gasteiger partial charge in [-0.1, -0.05) is 6.07 Å². The molecule has 0 saturated carbocycles. The van der Waals surface area contributed by atoms with Gasteiger partial charge in [0.1, 0.15) is 0 Å². The average molecular weight is 298 g/mol. The monoisotopic (exact) mass is 298 g/mol. The molecule has 1 aromatic carbocycles. The summed E-state index contributed by atoms with van der Waals surface area (Å²) in [5, 5.41) is 22.7. The van der Waals surface area contributed by atoms with Gasteiger partial charge in [-0.05, 0) is 49.9 Å². The van der Waals surface area contributed by atoms with Crippen LogP contribution in [0.15, 0.2) is 11.0 Å². The highest BCUT2D eigenvalue weighted by molar-refractivity contribution is 8.38. The Balaban J connectivity index is 3.54. The fourth-order valence-electron chi connectivity index (χ4n) is 1.95. The van der Waals surface area contributed by atoms with Gasteiger partial charge >= 0.3 is 5.97 Å². The van der Waals surface area contributed by atoms with Crippen LogP contribution in [0.5, 0.6) is 0 Å². The molecule has 0 radical (unpaired) electrons. The lowest BCUT2D eigenvalue weighted by molar-refractivity contribution is -0.129. The molecular weight excluding hydrogens is 280 g/mol. The normalized spacial score (nSPS) is 12.1. The van der Waals surface area contributed by atoms with Crippen molar-refractivity contribution in [1.29, 1.82) is 10.8 Å². The molecular formula is C13H18N2O4S. The van der Waals surface area contributed by atoms with E-state index >= 15 is 0 Å². The van der Waals surface area contributed by atoms with Gasteiger partial charge in [-0.3, -0.25) is 19.9 Å². The summed E-state index contributed by atoms with van der Waals surface area (Å²) < 4.78 is 20.6. The first-order valence-corrected chi connectivity index (χ1v) is 7.33. The van der Waals surface area contributed by atoms with E-state index in [9.17, 15) is 13.9 Å². The van der Waals surface area contributed by atoms with Crippen LogP contribution in [-0.4, -0.2) is 30.9 Å². The standard InChI is InChI=1S/C13H18N2O4S/c1-6-5-7(2)9(4)11(8(6)3)20(18,19)12(15)10(14)13(16)17/h5,14-15,18-19H,1-4H3,(H,16,17). The minimum Gasteiger partial charge on any atom is -0.476 e. The predicted octanol–water partition coefficient (Wildman–Crippen LogP) is 3.11. The molecule has 0 heterocycles. The van der Waals surface area contributed by atoms with Crippen LogP contribution in [0.2, 0.25) is 0 Å². The summed E-state index contributed by atoms with van der Waals surface area (Å²) in [4.78, 5) is 10.9. The van der Waals surface area contributed by atoms with Crippen LogP contribution in [0.4, 0.5) is 0 Å². The Kier molecular flexibility index (Phi) is 4.38. The van der Waals surface area contributed by atoms with Crippen molar-refractivity contribution in [2.24, 2.45) is 0 Å². The van der Waals surface area contributed by atoms with Gasteiger partial charge in [0.15, 0.2) is 10.8 Å². The second-order valence-corrected chi connectivity index (χ2v) is 6.56. The average Bonchev–Trinajstić information content (AvgIpc) is 2.34. The highest BCUT2D eigenvalue weighted by Gasteiger charge is 2.32. The number of carboxylic acid groups (broad SMARTS) is 1. The lowest BCUT2D eigenvalue weighted by Crippen LogP contribution is -2.27. The van der Waals surface area contributed by atoms with E-state index in [-0.39, 0.29) is 4.90 Å². The van der Waals surface area contributed by atoms with Crippen molar-refractivity contribution < 1.29 is 19.0 Å². The smallest absolute Gasteiger partial charge is 0.357 e. The molecule has 1 aromatic rings. The second kappa shape index (κ2) is 5.35. The van der Waals surface area contributed by atoms with Crippen molar-refractivity contribution >= 4 is 27.3 Å². The first kappa shape index (κ1) is 16.4. The van der Waals surface area contributed by atoms with Crippen LogP contribution in [0, 0.1) is 38.5 Å². The van der Waals surface area contributed by atoms with Gasteiger partial charge in [-0.2, -0.15) is 0 Å². The summed E-state index contributed by atoms with van der Waals surface area (Å²) in [6.07, 6.45) is 0. The number of rotatable bonds is 3. The first-order chi connectivity index (χ1) is 9.01. The largest absolute Gasteiger partial charge is 0.476 e. The third-order valence-electron chi connectivity index (χ3n) is 3.31. The van der Waals surface area contributed by atoms with Crippen LogP contribution < -0.4 is 0 Å². The molecule has 6 nitrogen and oxygen atoms in total. The van der Waals surface area contributed by atoms with E-state index in [0.29, 0.717) is 11.1 Å². The van der Waals surface area contributed by atoms with Crippen molar-refractivity contribution in [1.82, 2.24) is 0 Å². The molecule has 0 amide bonds. The molecule has 5 N–H and O–H groups in total. The Morgan fingerprint density at radius 1 is 1.05 bits per heavy atom. The Labute approximate surface area is 118 Å². The van der Waals surface area contributed by atoms with Crippen molar-refractivity contribution in [3.05, 3.63) is 28.3 Å². The Hall–Kier alpha value is -1.70. The fraction of sp³-hybridized carbons (Fsp3) is 0.308. The maximum absolute atomic E-state index is 10.7. The van der Waals surface area contributed by atoms with Crippen molar-refractivity contribution in [2.75, 3.05) is 0 Å². The van der Waals surface area contributed by atoms with Crippen molar-refractivity contribution in [3.63, 3.8) is 0 Å². The summed E-state index contributed by atoms with van der Waals surface area (Å²) in [6, 6.07) is 1.88. The Morgan fingerprint density at radius 2 is 1.45 bits per heavy atom. The van der Waals surface area contributed by atoms with Crippen LogP contribution in [-0.2, 0) is 4.79 Å². The predicted molar refractivity (Wildman–Crippen MR) is 79.6 cm³/mol. The molecule has 0 saturated heterocycles. The lowest BCUT2D eigenvalue weighted by atomic mass is 10.0. The highest BCUT2D eigenvalue weighted by atomic mass is 32.3. The number of aliphatic carboxylic acids is 1. The number of nitrogens with one attached hydrogen (secondary N) is 2. The van der Waals surface area contributed by atoms with E-state index in [2.05, 4.69) is 0 Å². The first-order valence-electron chi connectivity index (χ1n) is 5.78. The van der Waals surface area contributed by atoms with Crippen LogP contribution in [0.3, 0.4) is 0 Å². The number of carboxylic acids is 1. The molecule has 110 valence electrons. The molecule has 0 aliphatic carbocycles. The zero-order chi connectivity index (χ0) is 15.8. The number of aryl methyl sites for hydroxylation is 2. The summed E-state index contributed by atoms with van der Waals surface area (Å²) in [5.41, 5.74) is 1.71. The number of carbonyl (C=O) groups is 1. The quantitative estimate of drug-likeness (QED) is 0.434. The van der Waals surface area contributed by atoms with Gasteiger partial charge < -0.3 is 5.11 Å². The van der Waals surface area contributed by atoms with Crippen LogP contribution in [0.1, 0.15) is 22.3 Å². The van der Waals surface area contributed by atoms with Gasteiger partial charge in [0.25, 0.3) is 0 Å². The third-order valence-corrected chi connectivity index (χ3v) is 5.26. The molecule has 0 fully saturated rings. The second-order valence-electron chi connectivity index (χ2n) is 4.65. The van der Waals surface area contributed by atoms with E-state index in [1.807, 2.05) is 6.07 Å². The molecule has 0 atom stereocenters. The molecule has 0 aliphatic heterocycles. The minimum absolute atomic E-state index is 0.144. The van der Waals surface area contributed by atoms with E-state index in [1.54, 1.807) is 27.7 Å². The van der Waals surface area contributed by atoms with Crippen LogP contribution >= 0.6 is 10.6 Å². The summed E-state index contributed by atoms with van der Waals surface area (Å²) >= 11 is 0. The van der Waals surface area contributed by atoms with E-state index in [4.69, 9.17) is 15.9 Å². The van der Waals surface area contributed by atoms with Gasteiger partial charge in [0, 0.05) is 0 Å². The fourth-order valence-corrected chi connectivity index (χ4v) is 3.70. The summed E-state index contributed by atoms with van der Waals surface area (Å²) in [7, 11) is -3.81. The molecule has 0 bridgehead atoms. The Bertz CT molecular complexity index is 597. The zero-order valence-corrected chi connectivity index (χ0v) is 12.6. The van der Waals surface area contributed by atoms with Crippen molar-refractivity contribution in [3.8, 4) is 0 Å². The maximum atomic E-state index is 10.7. The van der Waals surface area contributed by atoms with Crippen LogP contribution in [0.25, 0.3) is 0 Å².